The van der Waals surface area contributed by atoms with Gasteiger partial charge < -0.3 is 24.6 Å². The van der Waals surface area contributed by atoms with Crippen molar-refractivity contribution in [1.29, 1.82) is 5.26 Å². The van der Waals surface area contributed by atoms with E-state index in [0.29, 0.717) is 35.9 Å². The lowest BCUT2D eigenvalue weighted by Gasteiger charge is -2.35. The number of methoxy groups -OCH3 is 1. The number of likely N-dealkylation sites (tertiary alicyclic amines) is 2. The number of hydrogen-bond acceptors (Lipinski definition) is 7. The van der Waals surface area contributed by atoms with Gasteiger partial charge in [-0.05, 0) is 71.2 Å². The van der Waals surface area contributed by atoms with E-state index in [-0.39, 0.29) is 0 Å². The zero-order chi connectivity index (χ0) is 23.2. The molecule has 4 rings (SSSR count). The summed E-state index contributed by atoms with van der Waals surface area (Å²) < 4.78 is 11.8. The molecule has 0 atom stereocenters. The second kappa shape index (κ2) is 11.0. The maximum absolute atomic E-state index is 9.56. The molecule has 2 fully saturated rings. The number of nitrogens with zero attached hydrogens (tertiary/aromatic N) is 4. The summed E-state index contributed by atoms with van der Waals surface area (Å²) in [4.78, 5) is 9.56. The van der Waals surface area contributed by atoms with Crippen molar-refractivity contribution < 1.29 is 9.47 Å². The van der Waals surface area contributed by atoms with Crippen LogP contribution >= 0.6 is 0 Å². The molecule has 33 heavy (non-hydrogen) atoms. The summed E-state index contributed by atoms with van der Waals surface area (Å²) in [5.41, 5.74) is 2.11. The summed E-state index contributed by atoms with van der Waals surface area (Å²) in [5, 5.41) is 14.2. The molecule has 0 aliphatic carbocycles. The topological polar surface area (TPSA) is 73.6 Å². The predicted octanol–water partition coefficient (Wildman–Crippen LogP) is 4.26. The molecule has 2 aliphatic heterocycles. The molecule has 2 saturated heterocycles. The van der Waals surface area contributed by atoms with E-state index >= 15 is 0 Å². The van der Waals surface area contributed by atoms with Crippen molar-refractivity contribution in [3.63, 3.8) is 0 Å². The van der Waals surface area contributed by atoms with Crippen molar-refractivity contribution >= 4 is 16.6 Å². The molecule has 178 valence electrons. The fourth-order valence-corrected chi connectivity index (χ4v) is 4.94. The standard InChI is InChI=1S/C26H37N5O2/c1-19(2)31-12-7-20(8-13-31)28-23-15-21(18-27)29-24-17-26(25(32-3)16-22(23)24)33-14-6-11-30-9-4-5-10-30/h15-17,19-20H,4-14H2,1-3H3,(H,28,29). The number of nitrogens with one attached hydrogen (secondary N) is 1. The van der Waals surface area contributed by atoms with E-state index in [4.69, 9.17) is 9.47 Å². The Morgan fingerprint density at radius 2 is 1.88 bits per heavy atom. The van der Waals surface area contributed by atoms with Gasteiger partial charge in [0, 0.05) is 48.9 Å². The molecule has 2 aliphatic rings. The molecule has 3 heterocycles. The average Bonchev–Trinajstić information content (AvgIpc) is 3.35. The van der Waals surface area contributed by atoms with Crippen LogP contribution in [0.5, 0.6) is 11.5 Å². The monoisotopic (exact) mass is 451 g/mol. The molecule has 1 aromatic heterocycles. The van der Waals surface area contributed by atoms with Crippen LogP contribution in [0.25, 0.3) is 10.9 Å². The normalized spacial score (nSPS) is 18.0. The highest BCUT2D eigenvalue weighted by atomic mass is 16.5. The van der Waals surface area contributed by atoms with Gasteiger partial charge in [0.15, 0.2) is 11.5 Å². The first-order valence-corrected chi connectivity index (χ1v) is 12.4. The van der Waals surface area contributed by atoms with E-state index in [2.05, 4.69) is 40.0 Å². The highest BCUT2D eigenvalue weighted by molar-refractivity contribution is 5.94. The molecule has 1 N–H and O–H groups in total. The second-order valence-corrected chi connectivity index (χ2v) is 9.49. The maximum atomic E-state index is 9.56. The Bertz CT molecular complexity index is 973. The number of pyridine rings is 1. The Morgan fingerprint density at radius 1 is 1.12 bits per heavy atom. The van der Waals surface area contributed by atoms with Crippen molar-refractivity contribution in [2.24, 2.45) is 0 Å². The fraction of sp³-hybridized carbons (Fsp3) is 0.615. The first-order chi connectivity index (χ1) is 16.1. The lowest BCUT2D eigenvalue weighted by atomic mass is 10.0. The largest absolute Gasteiger partial charge is 0.493 e. The molecular formula is C26H37N5O2. The Hall–Kier alpha value is -2.56. The number of nitriles is 1. The quantitative estimate of drug-likeness (QED) is 0.571. The van der Waals surface area contributed by atoms with Gasteiger partial charge in [-0.25, -0.2) is 4.98 Å². The van der Waals surface area contributed by atoms with Crippen LogP contribution in [0.2, 0.25) is 0 Å². The van der Waals surface area contributed by atoms with Gasteiger partial charge in [0.1, 0.15) is 11.8 Å². The molecule has 0 radical (unpaired) electrons. The number of fused-ring (bicyclic) bond motifs is 1. The Kier molecular flexibility index (Phi) is 7.89. The Balaban J connectivity index is 1.49. The molecule has 7 nitrogen and oxygen atoms in total. The third-order valence-electron chi connectivity index (χ3n) is 6.90. The van der Waals surface area contributed by atoms with Crippen LogP contribution in [0, 0.1) is 11.3 Å². The van der Waals surface area contributed by atoms with Gasteiger partial charge in [-0.3, -0.25) is 0 Å². The minimum absolute atomic E-state index is 0.379. The van der Waals surface area contributed by atoms with Crippen LogP contribution in [0.3, 0.4) is 0 Å². The number of benzene rings is 1. The zero-order valence-electron chi connectivity index (χ0n) is 20.3. The average molecular weight is 452 g/mol. The lowest BCUT2D eigenvalue weighted by molar-refractivity contribution is 0.177. The van der Waals surface area contributed by atoms with Crippen LogP contribution in [0.1, 0.15) is 51.6 Å². The van der Waals surface area contributed by atoms with Crippen LogP contribution in [-0.2, 0) is 0 Å². The molecule has 0 amide bonds. The zero-order valence-corrected chi connectivity index (χ0v) is 20.3. The van der Waals surface area contributed by atoms with Gasteiger partial charge in [-0.1, -0.05) is 0 Å². The van der Waals surface area contributed by atoms with Crippen LogP contribution < -0.4 is 14.8 Å². The number of rotatable bonds is 9. The van der Waals surface area contributed by atoms with Gasteiger partial charge in [0.2, 0.25) is 0 Å². The predicted molar refractivity (Wildman–Crippen MR) is 132 cm³/mol. The molecular weight excluding hydrogens is 414 g/mol. The van der Waals surface area contributed by atoms with Crippen molar-refractivity contribution in [1.82, 2.24) is 14.8 Å². The number of ether oxygens (including phenoxy) is 2. The minimum atomic E-state index is 0.379. The van der Waals surface area contributed by atoms with Gasteiger partial charge >= 0.3 is 0 Å². The molecule has 2 aromatic rings. The molecule has 0 unspecified atom stereocenters. The first kappa shape index (κ1) is 23.6. The van der Waals surface area contributed by atoms with Crippen LogP contribution in [0.4, 0.5) is 5.69 Å². The van der Waals surface area contributed by atoms with Gasteiger partial charge in [-0.2, -0.15) is 5.26 Å². The van der Waals surface area contributed by atoms with Crippen molar-refractivity contribution in [3.8, 4) is 17.6 Å². The Labute approximate surface area is 197 Å². The van der Waals surface area contributed by atoms with E-state index in [9.17, 15) is 5.26 Å². The van der Waals surface area contributed by atoms with E-state index in [1.54, 1.807) is 7.11 Å². The number of anilines is 1. The summed E-state index contributed by atoms with van der Waals surface area (Å²) in [6, 6.07) is 8.93. The van der Waals surface area contributed by atoms with Gasteiger partial charge in [-0.15, -0.1) is 0 Å². The number of aromatic nitrogens is 1. The number of piperidine rings is 1. The third kappa shape index (κ3) is 5.87. The third-order valence-corrected chi connectivity index (χ3v) is 6.90. The fourth-order valence-electron chi connectivity index (χ4n) is 4.94. The van der Waals surface area contributed by atoms with E-state index in [0.717, 1.165) is 55.5 Å². The van der Waals surface area contributed by atoms with Gasteiger partial charge in [0.05, 0.1) is 19.2 Å². The summed E-state index contributed by atoms with van der Waals surface area (Å²) in [7, 11) is 1.67. The number of hydrogen-bond donors (Lipinski definition) is 1. The summed E-state index contributed by atoms with van der Waals surface area (Å²) in [6.45, 7) is 10.8. The van der Waals surface area contributed by atoms with E-state index in [1.165, 1.54) is 25.9 Å². The van der Waals surface area contributed by atoms with Gasteiger partial charge in [0.25, 0.3) is 0 Å². The van der Waals surface area contributed by atoms with E-state index < -0.39 is 0 Å². The van der Waals surface area contributed by atoms with E-state index in [1.807, 2.05) is 18.2 Å². The SMILES string of the molecule is COc1cc2c(NC3CCN(C(C)C)CC3)cc(C#N)nc2cc1OCCCN1CCCC1. The molecule has 0 saturated carbocycles. The van der Waals surface area contributed by atoms with Crippen molar-refractivity contribution in [2.45, 2.75) is 58.0 Å². The molecule has 0 bridgehead atoms. The van der Waals surface area contributed by atoms with Crippen LogP contribution in [-0.4, -0.2) is 73.3 Å². The van der Waals surface area contributed by atoms with Crippen molar-refractivity contribution in [3.05, 3.63) is 23.9 Å². The molecule has 7 heteroatoms. The Morgan fingerprint density at radius 3 is 2.55 bits per heavy atom. The van der Waals surface area contributed by atoms with Crippen LogP contribution in [0.15, 0.2) is 18.2 Å². The lowest BCUT2D eigenvalue weighted by Crippen LogP contribution is -2.42. The molecule has 1 aromatic carbocycles. The highest BCUT2D eigenvalue weighted by Crippen LogP contribution is 2.36. The minimum Gasteiger partial charge on any atom is -0.493 e. The molecule has 0 spiro atoms. The first-order valence-electron chi connectivity index (χ1n) is 12.4. The summed E-state index contributed by atoms with van der Waals surface area (Å²) in [5.74, 6) is 1.39. The van der Waals surface area contributed by atoms with Crippen molar-refractivity contribution in [2.75, 3.05) is 51.8 Å². The highest BCUT2D eigenvalue weighted by Gasteiger charge is 2.22. The second-order valence-electron chi connectivity index (χ2n) is 9.49. The smallest absolute Gasteiger partial charge is 0.163 e. The summed E-state index contributed by atoms with van der Waals surface area (Å²) >= 11 is 0. The summed E-state index contributed by atoms with van der Waals surface area (Å²) in [6.07, 6.45) is 5.76. The maximum Gasteiger partial charge on any atom is 0.163 e.